The summed E-state index contributed by atoms with van der Waals surface area (Å²) in [5, 5.41) is 9.16. The molecular formula is C15H22N2O5S. The van der Waals surface area contributed by atoms with Crippen molar-refractivity contribution in [2.45, 2.75) is 31.2 Å². The van der Waals surface area contributed by atoms with Gasteiger partial charge in [0.15, 0.2) is 0 Å². The lowest BCUT2D eigenvalue weighted by molar-refractivity contribution is 0.0696. The van der Waals surface area contributed by atoms with E-state index < -0.39 is 21.5 Å². The highest BCUT2D eigenvalue weighted by atomic mass is 32.2. The Morgan fingerprint density at radius 3 is 2.39 bits per heavy atom. The number of aromatic carboxylic acids is 1. The molecule has 1 aliphatic rings. The highest BCUT2D eigenvalue weighted by Gasteiger charge is 2.28. The number of hydrogen-bond acceptors (Lipinski definition) is 5. The van der Waals surface area contributed by atoms with Gasteiger partial charge in [0.1, 0.15) is 4.90 Å². The van der Waals surface area contributed by atoms with E-state index in [1.165, 1.54) is 12.1 Å². The normalized spacial score (nSPS) is 16.4. The summed E-state index contributed by atoms with van der Waals surface area (Å²) in [6.07, 6.45) is 0. The van der Waals surface area contributed by atoms with Crippen LogP contribution in [0.1, 0.15) is 31.1 Å². The summed E-state index contributed by atoms with van der Waals surface area (Å²) in [4.78, 5) is 13.1. The van der Waals surface area contributed by atoms with E-state index >= 15 is 0 Å². The molecule has 2 rings (SSSR count). The molecule has 1 aliphatic heterocycles. The molecule has 1 heterocycles. The molecule has 7 nitrogen and oxygen atoms in total. The van der Waals surface area contributed by atoms with Gasteiger partial charge in [0, 0.05) is 18.6 Å². The number of carboxylic acids is 1. The largest absolute Gasteiger partial charge is 0.478 e. The number of rotatable bonds is 4. The molecule has 0 unspecified atom stereocenters. The Hall–Kier alpha value is -1.64. The first-order chi connectivity index (χ1) is 10.6. The Bertz CT molecular complexity index is 688. The standard InChI is InChI=1S/C15H22N2O5S/c1-15(2,3)16-23(20,21)13-10-11(14(18)19)4-5-12(13)17-6-8-22-9-7-17/h4-5,10,16H,6-9H2,1-3H3,(H,18,19). The van der Waals surface area contributed by atoms with E-state index in [2.05, 4.69) is 4.72 Å². The average Bonchev–Trinajstić information content (AvgIpc) is 2.45. The highest BCUT2D eigenvalue weighted by Crippen LogP contribution is 2.28. The topological polar surface area (TPSA) is 95.9 Å². The summed E-state index contributed by atoms with van der Waals surface area (Å²) in [5.74, 6) is -1.16. The Labute approximate surface area is 136 Å². The first-order valence-electron chi connectivity index (χ1n) is 7.34. The molecule has 0 atom stereocenters. The predicted molar refractivity (Wildman–Crippen MR) is 86.5 cm³/mol. The predicted octanol–water partition coefficient (Wildman–Crippen LogP) is 1.30. The van der Waals surface area contributed by atoms with E-state index in [1.54, 1.807) is 26.8 Å². The molecule has 0 saturated carbocycles. The third kappa shape index (κ3) is 4.43. The molecule has 2 N–H and O–H groups in total. The monoisotopic (exact) mass is 342 g/mol. The van der Waals surface area contributed by atoms with Crippen LogP contribution in [0, 0.1) is 0 Å². The maximum absolute atomic E-state index is 12.7. The van der Waals surface area contributed by atoms with Gasteiger partial charge in [-0.05, 0) is 39.0 Å². The Morgan fingerprint density at radius 1 is 1.26 bits per heavy atom. The maximum atomic E-state index is 12.7. The van der Waals surface area contributed by atoms with Crippen molar-refractivity contribution in [1.82, 2.24) is 4.72 Å². The first-order valence-corrected chi connectivity index (χ1v) is 8.82. The van der Waals surface area contributed by atoms with Crippen LogP contribution in [0.2, 0.25) is 0 Å². The molecule has 1 aromatic carbocycles. The van der Waals surface area contributed by atoms with Gasteiger partial charge in [-0.15, -0.1) is 0 Å². The summed E-state index contributed by atoms with van der Waals surface area (Å²) < 4.78 is 33.3. The molecule has 0 aliphatic carbocycles. The maximum Gasteiger partial charge on any atom is 0.335 e. The quantitative estimate of drug-likeness (QED) is 0.856. The van der Waals surface area contributed by atoms with Gasteiger partial charge in [-0.25, -0.2) is 17.9 Å². The number of benzene rings is 1. The molecule has 0 bridgehead atoms. The summed E-state index contributed by atoms with van der Waals surface area (Å²) in [5.41, 5.74) is -0.230. The highest BCUT2D eigenvalue weighted by molar-refractivity contribution is 7.89. The van der Waals surface area contributed by atoms with Crippen molar-refractivity contribution < 1.29 is 23.1 Å². The van der Waals surface area contributed by atoms with Gasteiger partial charge in [-0.3, -0.25) is 0 Å². The Balaban J connectivity index is 2.52. The number of morpholine rings is 1. The van der Waals surface area contributed by atoms with Crippen molar-refractivity contribution in [3.05, 3.63) is 23.8 Å². The fraction of sp³-hybridized carbons (Fsp3) is 0.533. The molecular weight excluding hydrogens is 320 g/mol. The number of anilines is 1. The van der Waals surface area contributed by atoms with Gasteiger partial charge in [-0.1, -0.05) is 0 Å². The number of nitrogens with zero attached hydrogens (tertiary/aromatic N) is 1. The average molecular weight is 342 g/mol. The zero-order chi connectivity index (χ0) is 17.3. The van der Waals surface area contributed by atoms with Crippen LogP contribution in [0.25, 0.3) is 0 Å². The smallest absolute Gasteiger partial charge is 0.335 e. The second-order valence-corrected chi connectivity index (χ2v) is 8.09. The van der Waals surface area contributed by atoms with Crippen LogP contribution in [0.15, 0.2) is 23.1 Å². The van der Waals surface area contributed by atoms with Crippen LogP contribution in [-0.2, 0) is 14.8 Å². The van der Waals surface area contributed by atoms with Gasteiger partial charge < -0.3 is 14.7 Å². The lowest BCUT2D eigenvalue weighted by atomic mass is 10.1. The van der Waals surface area contributed by atoms with E-state index in [0.29, 0.717) is 32.0 Å². The lowest BCUT2D eigenvalue weighted by Gasteiger charge is -2.31. The molecule has 0 spiro atoms. The summed E-state index contributed by atoms with van der Waals surface area (Å²) >= 11 is 0. The second kappa shape index (κ2) is 6.46. The molecule has 0 amide bonds. The third-order valence-electron chi connectivity index (χ3n) is 3.29. The van der Waals surface area contributed by atoms with Crippen LogP contribution >= 0.6 is 0 Å². The van der Waals surface area contributed by atoms with Crippen molar-refractivity contribution in [2.75, 3.05) is 31.2 Å². The minimum absolute atomic E-state index is 0.0192. The van der Waals surface area contributed by atoms with Gasteiger partial charge >= 0.3 is 5.97 Å². The first kappa shape index (κ1) is 17.7. The van der Waals surface area contributed by atoms with Gasteiger partial charge in [0.05, 0.1) is 24.5 Å². The molecule has 1 aromatic rings. The molecule has 128 valence electrons. The third-order valence-corrected chi connectivity index (χ3v) is 5.08. The molecule has 23 heavy (non-hydrogen) atoms. The van der Waals surface area contributed by atoms with E-state index in [-0.39, 0.29) is 10.5 Å². The zero-order valence-electron chi connectivity index (χ0n) is 13.5. The van der Waals surface area contributed by atoms with Crippen LogP contribution in [-0.4, -0.2) is 51.3 Å². The van der Waals surface area contributed by atoms with E-state index in [1.807, 2.05) is 4.90 Å². The molecule has 8 heteroatoms. The Morgan fingerprint density at radius 2 is 1.87 bits per heavy atom. The van der Waals surface area contributed by atoms with Crippen molar-refractivity contribution >= 4 is 21.7 Å². The van der Waals surface area contributed by atoms with Crippen molar-refractivity contribution in [3.8, 4) is 0 Å². The minimum atomic E-state index is -3.85. The van der Waals surface area contributed by atoms with Crippen molar-refractivity contribution in [3.63, 3.8) is 0 Å². The lowest BCUT2D eigenvalue weighted by Crippen LogP contribution is -2.42. The van der Waals surface area contributed by atoms with Crippen LogP contribution in [0.5, 0.6) is 0 Å². The minimum Gasteiger partial charge on any atom is -0.478 e. The summed E-state index contributed by atoms with van der Waals surface area (Å²) in [6, 6.07) is 4.18. The van der Waals surface area contributed by atoms with Gasteiger partial charge in [0.25, 0.3) is 0 Å². The fourth-order valence-electron chi connectivity index (χ4n) is 2.39. The van der Waals surface area contributed by atoms with Crippen molar-refractivity contribution in [2.24, 2.45) is 0 Å². The summed E-state index contributed by atoms with van der Waals surface area (Å²) in [6.45, 7) is 7.34. The second-order valence-electron chi connectivity index (χ2n) is 6.44. The summed E-state index contributed by atoms with van der Waals surface area (Å²) in [7, 11) is -3.85. The number of carbonyl (C=O) groups is 1. The van der Waals surface area contributed by atoms with Gasteiger partial charge in [-0.2, -0.15) is 0 Å². The van der Waals surface area contributed by atoms with Crippen molar-refractivity contribution in [1.29, 1.82) is 0 Å². The van der Waals surface area contributed by atoms with E-state index in [9.17, 15) is 13.2 Å². The van der Waals surface area contributed by atoms with E-state index in [4.69, 9.17) is 9.84 Å². The molecule has 0 aromatic heterocycles. The molecule has 1 fully saturated rings. The fourth-order valence-corrected chi connectivity index (χ4v) is 4.06. The molecule has 0 radical (unpaired) electrons. The zero-order valence-corrected chi connectivity index (χ0v) is 14.3. The SMILES string of the molecule is CC(C)(C)NS(=O)(=O)c1cc(C(=O)O)ccc1N1CCOCC1. The van der Waals surface area contributed by atoms with Crippen LogP contribution < -0.4 is 9.62 Å². The number of carboxylic acid groups (broad SMARTS) is 1. The van der Waals surface area contributed by atoms with Crippen LogP contribution in [0.4, 0.5) is 5.69 Å². The molecule has 1 saturated heterocycles. The van der Waals surface area contributed by atoms with Crippen LogP contribution in [0.3, 0.4) is 0 Å². The van der Waals surface area contributed by atoms with Gasteiger partial charge in [0.2, 0.25) is 10.0 Å². The number of hydrogen-bond donors (Lipinski definition) is 2. The van der Waals surface area contributed by atoms with E-state index in [0.717, 1.165) is 0 Å². The Kier molecular flexibility index (Phi) is 4.98. The number of sulfonamides is 1. The number of ether oxygens (including phenoxy) is 1. The number of nitrogens with one attached hydrogen (secondary N) is 1.